The highest BCUT2D eigenvalue weighted by molar-refractivity contribution is 4.69. The van der Waals surface area contributed by atoms with Crippen molar-refractivity contribution in [3.05, 3.63) is 0 Å². The first-order valence-corrected chi connectivity index (χ1v) is 4.43. The van der Waals surface area contributed by atoms with Gasteiger partial charge in [0.15, 0.2) is 0 Å². The molecule has 2 atom stereocenters. The maximum Gasteiger partial charge on any atom is 0.00894 e. The van der Waals surface area contributed by atoms with Crippen molar-refractivity contribution >= 4 is 0 Å². The van der Waals surface area contributed by atoms with Crippen LogP contribution in [0.2, 0.25) is 0 Å². The van der Waals surface area contributed by atoms with E-state index in [4.69, 9.17) is 0 Å². The predicted octanol–water partition coefficient (Wildman–Crippen LogP) is 2.42. The zero-order valence-electron chi connectivity index (χ0n) is 7.78. The number of hydrogen-bond acceptors (Lipinski definition) is 1. The van der Waals surface area contributed by atoms with Crippen LogP contribution in [-0.4, -0.2) is 13.1 Å². The van der Waals surface area contributed by atoms with Crippen molar-refractivity contribution in [3.8, 4) is 0 Å². The molecule has 1 N–H and O–H groups in total. The third-order valence-electron chi connectivity index (χ3n) is 2.30. The fraction of sp³-hybridized carbons (Fsp3) is 1.00. The molecule has 0 aliphatic heterocycles. The van der Waals surface area contributed by atoms with Crippen LogP contribution in [0.3, 0.4) is 0 Å². The summed E-state index contributed by atoms with van der Waals surface area (Å²) in [4.78, 5) is 0. The molecule has 0 bridgehead atoms. The highest BCUT2D eigenvalue weighted by Crippen LogP contribution is 2.11. The second-order valence-corrected chi connectivity index (χ2v) is 3.07. The summed E-state index contributed by atoms with van der Waals surface area (Å²) in [7, 11) is 2.06. The molecule has 0 saturated carbocycles. The number of hydrogen-bond donors (Lipinski definition) is 1. The van der Waals surface area contributed by atoms with E-state index in [0.717, 1.165) is 12.0 Å². The molecule has 1 heteroatoms. The summed E-state index contributed by atoms with van der Waals surface area (Å²) in [6.07, 6.45) is 3.88. The fourth-order valence-corrected chi connectivity index (χ4v) is 1.31. The summed E-state index contributed by atoms with van der Waals surface area (Å²) in [5, 5.41) is 3.35. The highest BCUT2D eigenvalue weighted by atomic mass is 14.9. The van der Waals surface area contributed by atoms with Gasteiger partial charge in [0.25, 0.3) is 0 Å². The van der Waals surface area contributed by atoms with Crippen molar-refractivity contribution in [2.75, 3.05) is 7.05 Å². The Morgan fingerprint density at radius 1 is 1.30 bits per heavy atom. The largest absolute Gasteiger partial charge is 0.317 e. The van der Waals surface area contributed by atoms with E-state index < -0.39 is 0 Å². The van der Waals surface area contributed by atoms with Crippen LogP contribution in [0.15, 0.2) is 0 Å². The normalized spacial score (nSPS) is 16.8. The van der Waals surface area contributed by atoms with E-state index >= 15 is 0 Å². The highest BCUT2D eigenvalue weighted by Gasteiger charge is 2.10. The second-order valence-electron chi connectivity index (χ2n) is 3.07. The molecule has 0 aromatic carbocycles. The minimum atomic E-state index is 0.731. The Labute approximate surface area is 65.2 Å². The maximum absolute atomic E-state index is 3.35. The van der Waals surface area contributed by atoms with E-state index in [2.05, 4.69) is 33.1 Å². The minimum Gasteiger partial charge on any atom is -0.317 e. The molecule has 0 radical (unpaired) electrons. The molecule has 0 spiro atoms. The van der Waals surface area contributed by atoms with E-state index in [1.165, 1.54) is 19.3 Å². The van der Waals surface area contributed by atoms with Crippen LogP contribution >= 0.6 is 0 Å². The monoisotopic (exact) mass is 143 g/mol. The van der Waals surface area contributed by atoms with Crippen LogP contribution in [0.25, 0.3) is 0 Å². The molecule has 0 amide bonds. The zero-order chi connectivity index (χ0) is 7.98. The van der Waals surface area contributed by atoms with Gasteiger partial charge in [0.1, 0.15) is 0 Å². The molecule has 1 nitrogen and oxygen atoms in total. The van der Waals surface area contributed by atoms with Gasteiger partial charge in [0.2, 0.25) is 0 Å². The molecule has 0 aliphatic rings. The Balaban J connectivity index is 3.56. The van der Waals surface area contributed by atoms with Gasteiger partial charge in [0, 0.05) is 6.04 Å². The van der Waals surface area contributed by atoms with Crippen molar-refractivity contribution in [1.29, 1.82) is 0 Å². The number of rotatable bonds is 5. The third kappa shape index (κ3) is 3.21. The van der Waals surface area contributed by atoms with Gasteiger partial charge < -0.3 is 5.32 Å². The molecular weight excluding hydrogens is 122 g/mol. The van der Waals surface area contributed by atoms with E-state index in [0.29, 0.717) is 0 Å². The van der Waals surface area contributed by atoms with Gasteiger partial charge in [-0.05, 0) is 19.4 Å². The smallest absolute Gasteiger partial charge is 0.00894 e. The molecule has 0 rings (SSSR count). The van der Waals surface area contributed by atoms with Gasteiger partial charge in [-0.15, -0.1) is 0 Å². The first-order chi connectivity index (χ1) is 4.76. The quantitative estimate of drug-likeness (QED) is 0.623. The van der Waals surface area contributed by atoms with Crippen molar-refractivity contribution in [2.45, 2.75) is 46.1 Å². The summed E-state index contributed by atoms with van der Waals surface area (Å²) >= 11 is 0. The van der Waals surface area contributed by atoms with Gasteiger partial charge in [-0.25, -0.2) is 0 Å². The lowest BCUT2D eigenvalue weighted by Gasteiger charge is -2.21. The first-order valence-electron chi connectivity index (χ1n) is 4.43. The summed E-state index contributed by atoms with van der Waals surface area (Å²) in [6.45, 7) is 6.81. The van der Waals surface area contributed by atoms with E-state index in [-0.39, 0.29) is 0 Å². The number of nitrogens with one attached hydrogen (secondary N) is 1. The lowest BCUT2D eigenvalue weighted by molar-refractivity contribution is 0.366. The summed E-state index contributed by atoms with van der Waals surface area (Å²) in [5.74, 6) is 0.824. The Hall–Kier alpha value is -0.0400. The van der Waals surface area contributed by atoms with Gasteiger partial charge in [-0.1, -0.05) is 33.6 Å². The van der Waals surface area contributed by atoms with Crippen LogP contribution in [-0.2, 0) is 0 Å². The standard InChI is InChI=1S/C9H21N/c1-5-7-9(10-4)8(3)6-2/h8-10H,5-7H2,1-4H3. The molecule has 0 saturated heterocycles. The van der Waals surface area contributed by atoms with Crippen LogP contribution in [0, 0.1) is 5.92 Å². The van der Waals surface area contributed by atoms with Gasteiger partial charge in [0.05, 0.1) is 0 Å². The van der Waals surface area contributed by atoms with E-state index in [1.54, 1.807) is 0 Å². The van der Waals surface area contributed by atoms with Gasteiger partial charge >= 0.3 is 0 Å². The second kappa shape index (κ2) is 5.72. The van der Waals surface area contributed by atoms with Crippen LogP contribution in [0.5, 0.6) is 0 Å². The van der Waals surface area contributed by atoms with Crippen LogP contribution < -0.4 is 5.32 Å². The van der Waals surface area contributed by atoms with Crippen molar-refractivity contribution in [1.82, 2.24) is 5.32 Å². The zero-order valence-corrected chi connectivity index (χ0v) is 7.78. The van der Waals surface area contributed by atoms with Gasteiger partial charge in [-0.2, -0.15) is 0 Å². The van der Waals surface area contributed by atoms with Crippen LogP contribution in [0.4, 0.5) is 0 Å². The molecule has 62 valence electrons. The third-order valence-corrected chi connectivity index (χ3v) is 2.30. The van der Waals surface area contributed by atoms with E-state index in [1.807, 2.05) is 0 Å². The lowest BCUT2D eigenvalue weighted by atomic mass is 9.96. The molecule has 0 aromatic rings. The fourth-order valence-electron chi connectivity index (χ4n) is 1.31. The Bertz CT molecular complexity index is 71.1. The van der Waals surface area contributed by atoms with Crippen molar-refractivity contribution < 1.29 is 0 Å². The first kappa shape index (κ1) is 9.96. The maximum atomic E-state index is 3.35. The molecule has 0 aromatic heterocycles. The minimum absolute atomic E-state index is 0.731. The molecule has 0 aliphatic carbocycles. The molecule has 0 heterocycles. The molecular formula is C9H21N. The van der Waals surface area contributed by atoms with Crippen molar-refractivity contribution in [3.63, 3.8) is 0 Å². The molecule has 0 fully saturated rings. The van der Waals surface area contributed by atoms with Crippen LogP contribution in [0.1, 0.15) is 40.0 Å². The van der Waals surface area contributed by atoms with Gasteiger partial charge in [-0.3, -0.25) is 0 Å². The molecule has 2 unspecified atom stereocenters. The average molecular weight is 143 g/mol. The summed E-state index contributed by atoms with van der Waals surface area (Å²) in [5.41, 5.74) is 0. The predicted molar refractivity (Wildman–Crippen MR) is 47.2 cm³/mol. The topological polar surface area (TPSA) is 12.0 Å². The Morgan fingerprint density at radius 3 is 2.20 bits per heavy atom. The molecule has 10 heavy (non-hydrogen) atoms. The Kier molecular flexibility index (Phi) is 5.70. The SMILES string of the molecule is CCCC(NC)C(C)CC. The Morgan fingerprint density at radius 2 is 1.90 bits per heavy atom. The summed E-state index contributed by atoms with van der Waals surface area (Å²) in [6, 6.07) is 0.731. The summed E-state index contributed by atoms with van der Waals surface area (Å²) < 4.78 is 0. The average Bonchev–Trinajstić information content (AvgIpc) is 1.99. The van der Waals surface area contributed by atoms with Crippen molar-refractivity contribution in [2.24, 2.45) is 5.92 Å². The van der Waals surface area contributed by atoms with E-state index in [9.17, 15) is 0 Å². The lowest BCUT2D eigenvalue weighted by Crippen LogP contribution is -2.31.